The van der Waals surface area contributed by atoms with E-state index in [2.05, 4.69) is 10.8 Å². The molecule has 0 aliphatic carbocycles. The van der Waals surface area contributed by atoms with Crippen molar-refractivity contribution in [2.24, 2.45) is 5.73 Å². The second kappa shape index (κ2) is 11.4. The maximum atomic E-state index is 12.6. The van der Waals surface area contributed by atoms with Crippen molar-refractivity contribution in [1.29, 1.82) is 5.26 Å². The van der Waals surface area contributed by atoms with Crippen LogP contribution in [0.25, 0.3) is 0 Å². The lowest BCUT2D eigenvalue weighted by Crippen LogP contribution is -2.30. The van der Waals surface area contributed by atoms with Crippen molar-refractivity contribution < 1.29 is 23.9 Å². The van der Waals surface area contributed by atoms with Crippen molar-refractivity contribution in [3.8, 4) is 6.07 Å². The van der Waals surface area contributed by atoms with E-state index in [4.69, 9.17) is 15.7 Å². The fourth-order valence-corrected chi connectivity index (χ4v) is 3.93. The molecule has 0 unspecified atom stereocenters. The number of amides is 2. The van der Waals surface area contributed by atoms with Gasteiger partial charge in [-0.15, -0.1) is 11.8 Å². The summed E-state index contributed by atoms with van der Waals surface area (Å²) in [4.78, 5) is 37.1. The van der Waals surface area contributed by atoms with E-state index in [0.29, 0.717) is 29.8 Å². The van der Waals surface area contributed by atoms with Crippen LogP contribution >= 0.6 is 11.8 Å². The van der Waals surface area contributed by atoms with Gasteiger partial charge in [0, 0.05) is 17.1 Å². The third kappa shape index (κ3) is 7.84. The lowest BCUT2D eigenvalue weighted by Gasteiger charge is -2.23. The second-order valence-electron chi connectivity index (χ2n) is 8.09. The molecular weight excluding hydrogens is 442 g/mol. The molecule has 0 radical (unpaired) electrons. The summed E-state index contributed by atoms with van der Waals surface area (Å²) >= 11 is 1.60. The largest absolute Gasteiger partial charge is 0.465 e. The first-order valence-electron chi connectivity index (χ1n) is 10.2. The zero-order valence-electron chi connectivity index (χ0n) is 19.1. The van der Waals surface area contributed by atoms with Gasteiger partial charge in [-0.3, -0.25) is 4.79 Å². The molecule has 3 rings (SSSR count). The molecule has 0 atom stereocenters. The summed E-state index contributed by atoms with van der Waals surface area (Å²) in [6.07, 6.45) is -0.291. The molecule has 0 aromatic heterocycles. The molecule has 9 heteroatoms. The number of hydrogen-bond acceptors (Lipinski definition) is 7. The molecule has 0 saturated carbocycles. The maximum Gasteiger partial charge on any atom is 0.405 e. The minimum absolute atomic E-state index is 0.0117. The van der Waals surface area contributed by atoms with E-state index >= 15 is 0 Å². The van der Waals surface area contributed by atoms with Crippen LogP contribution in [0, 0.1) is 11.3 Å². The highest BCUT2D eigenvalue weighted by Gasteiger charge is 2.24. The van der Waals surface area contributed by atoms with Crippen molar-refractivity contribution in [2.75, 3.05) is 17.8 Å². The number of thioether (sulfide) groups is 1. The third-order valence-electron chi connectivity index (χ3n) is 4.38. The number of hydrogen-bond donors (Lipinski definition) is 1. The second-order valence-corrected chi connectivity index (χ2v) is 9.23. The van der Waals surface area contributed by atoms with Crippen molar-refractivity contribution in [2.45, 2.75) is 44.2 Å². The normalized spacial score (nSPS) is 12.9. The Bertz CT molecular complexity index is 1060. The van der Waals surface area contributed by atoms with Gasteiger partial charge in [-0.1, -0.05) is 12.1 Å². The molecule has 0 fully saturated rings. The standard InChI is InChI=1S/C19H16N2O3S.C5H11NO2/c1-24-19(23)15-6-7-17-16(10-15)21(18(22)8-9-25-17)12-14-4-2-13(11-20)3-5-14;1-5(2,3)8-4(6)7/h2-7,10H,8-9,12H2,1H3;1-3H3,(H2,6,7). The number of rotatable bonds is 3. The molecule has 33 heavy (non-hydrogen) atoms. The molecule has 0 spiro atoms. The molecule has 174 valence electrons. The number of carbonyl (C=O) groups is 3. The number of nitriles is 1. The topological polar surface area (TPSA) is 123 Å². The highest BCUT2D eigenvalue weighted by molar-refractivity contribution is 7.99. The van der Waals surface area contributed by atoms with E-state index < -0.39 is 17.7 Å². The average Bonchev–Trinajstić information content (AvgIpc) is 2.90. The molecule has 2 aromatic rings. The summed E-state index contributed by atoms with van der Waals surface area (Å²) in [5.74, 6) is 0.285. The first kappa shape index (κ1) is 25.7. The van der Waals surface area contributed by atoms with Crippen LogP contribution in [-0.4, -0.2) is 36.4 Å². The molecular formula is C24H27N3O5S. The van der Waals surface area contributed by atoms with E-state index in [0.717, 1.165) is 16.1 Å². The lowest BCUT2D eigenvalue weighted by atomic mass is 10.1. The minimum Gasteiger partial charge on any atom is -0.465 e. The molecule has 2 amide bonds. The van der Waals surface area contributed by atoms with Crippen LogP contribution in [0.3, 0.4) is 0 Å². The van der Waals surface area contributed by atoms with Crippen LogP contribution in [-0.2, 0) is 20.8 Å². The monoisotopic (exact) mass is 469 g/mol. The van der Waals surface area contributed by atoms with Crippen molar-refractivity contribution >= 4 is 35.4 Å². The summed E-state index contributed by atoms with van der Waals surface area (Å²) in [5, 5.41) is 8.90. The minimum atomic E-state index is -0.725. The molecule has 1 aliphatic heterocycles. The lowest BCUT2D eigenvalue weighted by molar-refractivity contribution is -0.118. The Hall–Kier alpha value is -3.51. The number of esters is 1. The van der Waals surface area contributed by atoms with Crippen LogP contribution in [0.4, 0.5) is 10.5 Å². The van der Waals surface area contributed by atoms with E-state index in [1.165, 1.54) is 7.11 Å². The number of fused-ring (bicyclic) bond motifs is 1. The van der Waals surface area contributed by atoms with Crippen molar-refractivity contribution in [3.05, 3.63) is 59.2 Å². The summed E-state index contributed by atoms with van der Waals surface area (Å²) < 4.78 is 9.36. The van der Waals surface area contributed by atoms with Gasteiger partial charge in [-0.2, -0.15) is 5.26 Å². The maximum absolute atomic E-state index is 12.6. The first-order chi connectivity index (χ1) is 15.5. The average molecular weight is 470 g/mol. The van der Waals surface area contributed by atoms with E-state index in [1.54, 1.807) is 61.7 Å². The zero-order chi connectivity index (χ0) is 24.6. The van der Waals surface area contributed by atoms with Gasteiger partial charge in [0.1, 0.15) is 5.60 Å². The van der Waals surface area contributed by atoms with Gasteiger partial charge in [-0.05, 0) is 56.7 Å². The number of benzene rings is 2. The quantitative estimate of drug-likeness (QED) is 0.667. The number of nitrogens with two attached hydrogens (primary N) is 1. The molecule has 0 saturated heterocycles. The number of ether oxygens (including phenoxy) is 2. The van der Waals surface area contributed by atoms with Crippen molar-refractivity contribution in [1.82, 2.24) is 0 Å². The number of primary amides is 1. The summed E-state index contributed by atoms with van der Waals surface area (Å²) in [5.41, 5.74) is 6.91. The Morgan fingerprint density at radius 2 is 1.85 bits per heavy atom. The van der Waals surface area contributed by atoms with Crippen molar-refractivity contribution in [3.63, 3.8) is 0 Å². The number of nitrogens with zero attached hydrogens (tertiary/aromatic N) is 2. The van der Waals surface area contributed by atoms with Crippen LogP contribution in [0.15, 0.2) is 47.4 Å². The first-order valence-corrected chi connectivity index (χ1v) is 11.2. The van der Waals surface area contributed by atoms with Crippen LogP contribution in [0.2, 0.25) is 0 Å². The van der Waals surface area contributed by atoms with Gasteiger partial charge in [0.05, 0.1) is 36.5 Å². The number of anilines is 1. The van der Waals surface area contributed by atoms with Gasteiger partial charge < -0.3 is 20.1 Å². The predicted octanol–water partition coefficient (Wildman–Crippen LogP) is 4.25. The Morgan fingerprint density at radius 1 is 1.18 bits per heavy atom. The highest BCUT2D eigenvalue weighted by atomic mass is 32.2. The number of carbonyl (C=O) groups excluding carboxylic acids is 3. The highest BCUT2D eigenvalue weighted by Crippen LogP contribution is 2.36. The summed E-state index contributed by atoms with van der Waals surface area (Å²) in [6, 6.07) is 14.5. The van der Waals surface area contributed by atoms with E-state index in [9.17, 15) is 14.4 Å². The Balaban J connectivity index is 0.000000414. The number of methoxy groups -OCH3 is 1. The van der Waals surface area contributed by atoms with E-state index in [1.807, 2.05) is 18.2 Å². The van der Waals surface area contributed by atoms with Crippen LogP contribution < -0.4 is 10.6 Å². The predicted molar refractivity (Wildman–Crippen MR) is 126 cm³/mol. The fraction of sp³-hybridized carbons (Fsp3) is 0.333. The van der Waals surface area contributed by atoms with Crippen LogP contribution in [0.1, 0.15) is 48.7 Å². The molecule has 1 heterocycles. The molecule has 8 nitrogen and oxygen atoms in total. The Kier molecular flexibility index (Phi) is 8.88. The Labute approximate surface area is 197 Å². The third-order valence-corrected chi connectivity index (χ3v) is 5.44. The van der Waals surface area contributed by atoms with Gasteiger partial charge in [0.25, 0.3) is 0 Å². The molecule has 2 N–H and O–H groups in total. The molecule has 1 aliphatic rings. The van der Waals surface area contributed by atoms with Gasteiger partial charge in [-0.25, -0.2) is 9.59 Å². The summed E-state index contributed by atoms with van der Waals surface area (Å²) in [7, 11) is 1.34. The SMILES string of the molecule is CC(C)(C)OC(N)=O.COC(=O)c1ccc2c(c1)N(Cc1ccc(C#N)cc1)C(=O)CCS2. The summed E-state index contributed by atoms with van der Waals surface area (Å²) in [6.45, 7) is 5.68. The smallest absolute Gasteiger partial charge is 0.405 e. The van der Waals surface area contributed by atoms with E-state index in [-0.39, 0.29) is 5.91 Å². The zero-order valence-corrected chi connectivity index (χ0v) is 19.9. The molecule has 0 bridgehead atoms. The van der Waals surface area contributed by atoms with Gasteiger partial charge in [0.15, 0.2) is 0 Å². The van der Waals surface area contributed by atoms with Crippen LogP contribution in [0.5, 0.6) is 0 Å². The Morgan fingerprint density at radius 3 is 2.36 bits per heavy atom. The fourth-order valence-electron chi connectivity index (χ4n) is 2.96. The van der Waals surface area contributed by atoms with Gasteiger partial charge >= 0.3 is 12.1 Å². The van der Waals surface area contributed by atoms with Gasteiger partial charge in [0.2, 0.25) is 5.91 Å². The molecule has 2 aromatic carbocycles.